The first-order valence-corrected chi connectivity index (χ1v) is 32.4. The van der Waals surface area contributed by atoms with Crippen LogP contribution in [0.1, 0.15) is 185 Å². The van der Waals surface area contributed by atoms with Crippen molar-refractivity contribution in [2.45, 2.75) is 189 Å². The molecule has 2 aliphatic rings. The number of carbonyl (C=O) groups is 5. The molecule has 2 aliphatic heterocycles. The molecule has 0 spiro atoms. The van der Waals surface area contributed by atoms with Crippen molar-refractivity contribution < 1.29 is 34.2 Å². The number of aliphatic hydroxyl groups excluding tert-OH is 1. The number of para-hydroxylation sites is 1. The minimum atomic E-state index is -1.10. The Morgan fingerprint density at radius 3 is 2.13 bits per heavy atom. The summed E-state index contributed by atoms with van der Waals surface area (Å²) in [5, 5.41) is 35.7. The third kappa shape index (κ3) is 15.6. The molecule has 6 heterocycles. The van der Waals surface area contributed by atoms with Gasteiger partial charge in [-0.3, -0.25) is 29.2 Å². The van der Waals surface area contributed by atoms with E-state index in [0.29, 0.717) is 48.0 Å². The van der Waals surface area contributed by atoms with Crippen LogP contribution in [0.15, 0.2) is 84.4 Å². The first kappa shape index (κ1) is 63.2. The summed E-state index contributed by atoms with van der Waals surface area (Å²) >= 11 is 3.02. The van der Waals surface area contributed by atoms with Gasteiger partial charge in [0, 0.05) is 61.4 Å². The summed E-state index contributed by atoms with van der Waals surface area (Å²) in [7, 11) is 0. The van der Waals surface area contributed by atoms with E-state index in [9.17, 15) is 34.2 Å². The summed E-state index contributed by atoms with van der Waals surface area (Å²) in [6.07, 6.45) is 14.6. The fourth-order valence-electron chi connectivity index (χ4n) is 12.1. The maximum absolute atomic E-state index is 14.2. The highest BCUT2D eigenvalue weighted by molar-refractivity contribution is 7.22. The van der Waals surface area contributed by atoms with Gasteiger partial charge in [-0.25, -0.2) is 19.7 Å². The summed E-state index contributed by atoms with van der Waals surface area (Å²) in [6.45, 7) is 15.4. The van der Waals surface area contributed by atoms with Gasteiger partial charge < -0.3 is 30.6 Å². The van der Waals surface area contributed by atoms with Crippen LogP contribution in [0, 0.1) is 26.2 Å². The van der Waals surface area contributed by atoms with Crippen molar-refractivity contribution >= 4 is 73.4 Å². The van der Waals surface area contributed by atoms with Crippen LogP contribution >= 0.6 is 22.7 Å². The van der Waals surface area contributed by atoms with Gasteiger partial charge in [-0.15, -0.1) is 11.3 Å². The second-order valence-corrected chi connectivity index (χ2v) is 26.3. The van der Waals surface area contributed by atoms with E-state index in [0.717, 1.165) is 111 Å². The van der Waals surface area contributed by atoms with E-state index in [1.54, 1.807) is 11.3 Å². The average Bonchev–Trinajstić information content (AvgIpc) is 1.92. The second-order valence-electron chi connectivity index (χ2n) is 24.4. The van der Waals surface area contributed by atoms with Crippen molar-refractivity contribution in [1.82, 2.24) is 40.3 Å². The monoisotopic (exact) mass is 1200 g/mol. The Hall–Kier alpha value is -7.35. The first-order valence-electron chi connectivity index (χ1n) is 30.7. The van der Waals surface area contributed by atoms with Gasteiger partial charge in [-0.05, 0) is 105 Å². The SMILES string of the molecule is Cc1ncsc1-c1ccc([C@H](C)NC(=O)[C@@H]2C[C@@H](O)CN2C(=O)[C@@H](NC(=O)CCCCCCCCCCCCCCCn2nc(C)c(-c3ccc(N4CCc5cccc(C(=O)Nc6nc7ccccc7s6)c5C4)nc3C(=O)O)c2C)C(C)(C)C)cc1. The Labute approximate surface area is 513 Å². The van der Waals surface area contributed by atoms with Crippen LogP contribution in [0.4, 0.5) is 10.9 Å². The molecule has 4 aromatic heterocycles. The summed E-state index contributed by atoms with van der Waals surface area (Å²) in [6, 6.07) is 23.3. The normalized spacial score (nSPS) is 15.8. The Morgan fingerprint density at radius 2 is 1.47 bits per heavy atom. The topological polar surface area (TPSA) is 225 Å². The van der Waals surface area contributed by atoms with Crippen LogP contribution in [0.5, 0.6) is 0 Å². The number of β-amino-alcohol motifs (C(OH)–C–C–N with tert-alkyl or cyclic N) is 1. The number of anilines is 2. The first-order chi connectivity index (χ1) is 41.3. The standard InChI is InChI=1S/C67H84N10O7S2/c1-42(46-29-31-48(32-30-46)60-44(3)68-41-85-60)69-63(81)54-38-49(78)39-76(54)64(82)61(67(5,6)7)72-57(79)28-19-17-15-13-11-9-8-10-12-14-16-18-22-36-77-45(4)58(43(2)74-77)51-33-34-56(71-59(51)65(83)84)75-37-35-47-24-23-25-50(52(47)40-75)62(80)73-66-70-53-26-20-21-27-55(53)86-66/h20-21,23-27,29-34,41-42,49,54,61,78H,8-19,22,28,35-40H2,1-7H3,(H,69,81)(H,72,79)(H,83,84)(H,70,73,80)/t42-,49+,54-,61+/m0/s1. The Morgan fingerprint density at radius 1 is 0.779 bits per heavy atom. The van der Waals surface area contributed by atoms with Gasteiger partial charge in [-0.2, -0.15) is 5.10 Å². The number of aryl methyl sites for hydroxylation is 3. The van der Waals surface area contributed by atoms with Crippen LogP contribution < -0.4 is 20.9 Å². The second kappa shape index (κ2) is 28.9. The number of rotatable bonds is 27. The van der Waals surface area contributed by atoms with E-state index in [1.165, 1.54) is 54.8 Å². The van der Waals surface area contributed by atoms with E-state index in [2.05, 4.69) is 25.9 Å². The molecule has 4 amide bonds. The number of nitrogens with zero attached hydrogens (tertiary/aromatic N) is 7. The molecule has 19 heteroatoms. The van der Waals surface area contributed by atoms with Crippen molar-refractivity contribution in [3.63, 3.8) is 0 Å². The fraction of sp³-hybridized carbons (Fsp3) is 0.478. The zero-order chi connectivity index (χ0) is 61.1. The smallest absolute Gasteiger partial charge is 0.355 e. The third-order valence-corrected chi connectivity index (χ3v) is 18.9. The number of carboxylic acids is 1. The molecule has 456 valence electrons. The molecule has 1 saturated heterocycles. The number of benzene rings is 3. The maximum atomic E-state index is 14.2. The molecular weight excluding hydrogens is 1120 g/mol. The molecule has 9 rings (SSSR count). The summed E-state index contributed by atoms with van der Waals surface area (Å²) < 4.78 is 3.00. The molecule has 0 aliphatic carbocycles. The molecule has 4 atom stereocenters. The van der Waals surface area contributed by atoms with Crippen molar-refractivity contribution in [2.75, 3.05) is 23.3 Å². The number of aromatic carboxylic acids is 1. The molecule has 3 aromatic carbocycles. The number of aliphatic hydroxyl groups is 1. The van der Waals surface area contributed by atoms with Gasteiger partial charge in [0.2, 0.25) is 17.7 Å². The van der Waals surface area contributed by atoms with Gasteiger partial charge in [0.1, 0.15) is 17.9 Å². The maximum Gasteiger partial charge on any atom is 0.355 e. The van der Waals surface area contributed by atoms with Gasteiger partial charge in [0.25, 0.3) is 5.91 Å². The van der Waals surface area contributed by atoms with Gasteiger partial charge >= 0.3 is 5.97 Å². The minimum Gasteiger partial charge on any atom is -0.476 e. The highest BCUT2D eigenvalue weighted by atomic mass is 32.1. The van der Waals surface area contributed by atoms with Crippen LogP contribution in [0.25, 0.3) is 31.8 Å². The number of nitrogens with one attached hydrogen (secondary N) is 3. The molecule has 86 heavy (non-hydrogen) atoms. The molecule has 0 unspecified atom stereocenters. The third-order valence-electron chi connectivity index (χ3n) is 16.9. The number of carboxylic acid groups (broad SMARTS) is 1. The van der Waals surface area contributed by atoms with Crippen LogP contribution in [-0.2, 0) is 33.9 Å². The summed E-state index contributed by atoms with van der Waals surface area (Å²) in [5.74, 6) is -1.65. The number of amides is 4. The summed E-state index contributed by atoms with van der Waals surface area (Å²) in [4.78, 5) is 85.9. The number of thiazole rings is 2. The molecular formula is C67H84N10O7S2. The molecule has 0 saturated carbocycles. The van der Waals surface area contributed by atoms with E-state index in [1.807, 2.05) is 142 Å². The molecule has 1 fully saturated rings. The lowest BCUT2D eigenvalue weighted by Gasteiger charge is -2.35. The van der Waals surface area contributed by atoms with Crippen molar-refractivity contribution in [2.24, 2.45) is 5.41 Å². The quantitative estimate of drug-likeness (QED) is 0.0303. The van der Waals surface area contributed by atoms with Crippen molar-refractivity contribution in [3.8, 4) is 21.6 Å². The molecule has 0 bridgehead atoms. The lowest BCUT2D eigenvalue weighted by Crippen LogP contribution is -2.57. The van der Waals surface area contributed by atoms with E-state index < -0.39 is 29.6 Å². The number of carbonyl (C=O) groups excluding carboxylic acids is 4. The lowest BCUT2D eigenvalue weighted by molar-refractivity contribution is -0.144. The predicted octanol–water partition coefficient (Wildman–Crippen LogP) is 12.9. The van der Waals surface area contributed by atoms with Gasteiger partial charge in [0.05, 0.1) is 44.1 Å². The number of aromatic nitrogens is 5. The average molecular weight is 1210 g/mol. The van der Waals surface area contributed by atoms with E-state index in [-0.39, 0.29) is 48.3 Å². The number of hydrogen-bond donors (Lipinski definition) is 5. The fourth-order valence-corrected chi connectivity index (χ4v) is 13.8. The number of hydrogen-bond acceptors (Lipinski definition) is 13. The lowest BCUT2D eigenvalue weighted by atomic mass is 9.85. The molecule has 0 radical (unpaired) electrons. The Bertz CT molecular complexity index is 3480. The number of fused-ring (bicyclic) bond motifs is 2. The number of pyridine rings is 1. The summed E-state index contributed by atoms with van der Waals surface area (Å²) in [5.41, 5.74) is 10.6. The molecule has 17 nitrogen and oxygen atoms in total. The van der Waals surface area contributed by atoms with Crippen LogP contribution in [-0.4, -0.2) is 101 Å². The number of unbranched alkanes of at least 4 members (excludes halogenated alkanes) is 12. The highest BCUT2D eigenvalue weighted by Crippen LogP contribution is 2.35. The Balaban J connectivity index is 0.641. The zero-order valence-corrected chi connectivity index (χ0v) is 52.6. The zero-order valence-electron chi connectivity index (χ0n) is 50.9. The Kier molecular flexibility index (Phi) is 21.2. The predicted molar refractivity (Wildman–Crippen MR) is 342 cm³/mol. The van der Waals surface area contributed by atoms with Crippen LogP contribution in [0.3, 0.4) is 0 Å². The largest absolute Gasteiger partial charge is 0.476 e. The van der Waals surface area contributed by atoms with E-state index in [4.69, 9.17) is 10.1 Å². The van der Waals surface area contributed by atoms with Crippen molar-refractivity contribution in [1.29, 1.82) is 0 Å². The van der Waals surface area contributed by atoms with Gasteiger partial charge in [0.15, 0.2) is 10.8 Å². The van der Waals surface area contributed by atoms with Crippen molar-refractivity contribution in [3.05, 3.63) is 129 Å². The molecule has 5 N–H and O–H groups in total. The molecule has 7 aromatic rings. The minimum absolute atomic E-state index is 0.0201. The van der Waals surface area contributed by atoms with Gasteiger partial charge in [-0.1, -0.05) is 151 Å². The van der Waals surface area contributed by atoms with Crippen LogP contribution in [0.2, 0.25) is 0 Å². The van der Waals surface area contributed by atoms with E-state index >= 15 is 0 Å². The highest BCUT2D eigenvalue weighted by Gasteiger charge is 2.45. The number of likely N-dealkylation sites (tertiary alicyclic amines) is 1.